The quantitative estimate of drug-likeness (QED) is 0.885. The Bertz CT molecular complexity index is 640. The van der Waals surface area contributed by atoms with Crippen molar-refractivity contribution in [2.75, 3.05) is 30.7 Å². The van der Waals surface area contributed by atoms with Crippen molar-refractivity contribution in [1.29, 1.82) is 0 Å². The molecule has 1 aromatic heterocycles. The van der Waals surface area contributed by atoms with Crippen molar-refractivity contribution in [3.8, 4) is 0 Å². The number of benzene rings is 1. The molecule has 1 saturated heterocycles. The van der Waals surface area contributed by atoms with Crippen LogP contribution in [0.5, 0.6) is 0 Å². The van der Waals surface area contributed by atoms with E-state index in [1.165, 1.54) is 5.56 Å². The fourth-order valence-electron chi connectivity index (χ4n) is 3.13. The van der Waals surface area contributed by atoms with Crippen LogP contribution in [0, 0.1) is 13.8 Å². The summed E-state index contributed by atoms with van der Waals surface area (Å²) in [4.78, 5) is 11.4. The van der Waals surface area contributed by atoms with Gasteiger partial charge < -0.3 is 16.0 Å². The summed E-state index contributed by atoms with van der Waals surface area (Å²) in [6.45, 7) is 7.30. The Balaban J connectivity index is 1.47. The minimum absolute atomic E-state index is 0.430. The molecule has 2 aromatic rings. The molecule has 3 N–H and O–H groups in total. The number of nitrogens with zero attached hydrogens (tertiary/aromatic N) is 3. The van der Waals surface area contributed by atoms with Crippen LogP contribution in [0.1, 0.15) is 29.7 Å². The number of nitrogen functional groups attached to an aromatic ring is 1. The van der Waals surface area contributed by atoms with E-state index in [4.69, 9.17) is 5.73 Å². The lowest BCUT2D eigenvalue weighted by atomic mass is 10.0. The number of anilines is 2. The van der Waals surface area contributed by atoms with Gasteiger partial charge in [-0.15, -0.1) is 0 Å². The van der Waals surface area contributed by atoms with Crippen molar-refractivity contribution in [2.45, 2.75) is 39.2 Å². The van der Waals surface area contributed by atoms with Crippen LogP contribution in [-0.4, -0.2) is 40.5 Å². The monoisotopic (exact) mass is 325 g/mol. The summed E-state index contributed by atoms with van der Waals surface area (Å²) >= 11 is 0. The topological polar surface area (TPSA) is 67.1 Å². The molecule has 0 saturated carbocycles. The van der Waals surface area contributed by atoms with Crippen molar-refractivity contribution in [1.82, 2.24) is 14.9 Å². The van der Waals surface area contributed by atoms with Gasteiger partial charge in [-0.3, -0.25) is 0 Å². The number of nitrogens with one attached hydrogen (secondary N) is 1. The van der Waals surface area contributed by atoms with E-state index in [1.54, 1.807) is 0 Å². The third-order valence-electron chi connectivity index (χ3n) is 4.91. The first kappa shape index (κ1) is 16.7. The minimum Gasteiger partial charge on any atom is -0.383 e. The van der Waals surface area contributed by atoms with Gasteiger partial charge in [-0.05, 0) is 38.7 Å². The normalized spacial score (nSPS) is 16.2. The number of aryl methyl sites for hydroxylation is 1. The van der Waals surface area contributed by atoms with E-state index in [0.717, 1.165) is 50.2 Å². The molecule has 0 bridgehead atoms. The number of nitrogens with two attached hydrogens (primary N) is 1. The highest BCUT2D eigenvalue weighted by Gasteiger charge is 2.20. The van der Waals surface area contributed by atoms with E-state index < -0.39 is 0 Å². The Kier molecular flexibility index (Phi) is 5.30. The molecule has 1 aliphatic heterocycles. The molecular weight excluding hydrogens is 298 g/mol. The zero-order chi connectivity index (χ0) is 16.9. The molecule has 2 heterocycles. The summed E-state index contributed by atoms with van der Waals surface area (Å²) in [6, 6.07) is 11.1. The van der Waals surface area contributed by atoms with Crippen molar-refractivity contribution >= 4 is 11.8 Å². The zero-order valence-corrected chi connectivity index (χ0v) is 14.6. The summed E-state index contributed by atoms with van der Waals surface area (Å²) in [5.74, 6) is 1.24. The predicted molar refractivity (Wildman–Crippen MR) is 99.1 cm³/mol. The Morgan fingerprint density at radius 2 is 1.83 bits per heavy atom. The third-order valence-corrected chi connectivity index (χ3v) is 4.91. The SMILES string of the molecule is Cc1nc(NC2CCN(CCc3ccccc3)CC2)nc(N)c1C. The molecule has 1 fully saturated rings. The van der Waals surface area contributed by atoms with Gasteiger partial charge in [0.05, 0.1) is 0 Å². The van der Waals surface area contributed by atoms with Crippen molar-refractivity contribution in [3.63, 3.8) is 0 Å². The first-order chi connectivity index (χ1) is 11.6. The molecule has 0 atom stereocenters. The van der Waals surface area contributed by atoms with E-state index in [1.807, 2.05) is 13.8 Å². The van der Waals surface area contributed by atoms with E-state index >= 15 is 0 Å². The van der Waals surface area contributed by atoms with Gasteiger partial charge in [-0.1, -0.05) is 30.3 Å². The highest BCUT2D eigenvalue weighted by molar-refractivity contribution is 5.46. The largest absolute Gasteiger partial charge is 0.383 e. The molecule has 5 nitrogen and oxygen atoms in total. The molecule has 5 heteroatoms. The fraction of sp³-hybridized carbons (Fsp3) is 0.474. The average molecular weight is 325 g/mol. The summed E-state index contributed by atoms with van der Waals surface area (Å²) in [7, 11) is 0. The lowest BCUT2D eigenvalue weighted by molar-refractivity contribution is 0.221. The number of aromatic nitrogens is 2. The van der Waals surface area contributed by atoms with Crippen LogP contribution < -0.4 is 11.1 Å². The summed E-state index contributed by atoms with van der Waals surface area (Å²) in [6.07, 6.45) is 3.35. The van der Waals surface area contributed by atoms with Gasteiger partial charge in [0.1, 0.15) is 5.82 Å². The van der Waals surface area contributed by atoms with Gasteiger partial charge >= 0.3 is 0 Å². The van der Waals surface area contributed by atoms with Crippen LogP contribution in [0.3, 0.4) is 0 Å². The summed E-state index contributed by atoms with van der Waals surface area (Å²) in [5.41, 5.74) is 9.28. The molecule has 0 aliphatic carbocycles. The highest BCUT2D eigenvalue weighted by Crippen LogP contribution is 2.18. The minimum atomic E-state index is 0.430. The van der Waals surface area contributed by atoms with Crippen molar-refractivity contribution in [2.24, 2.45) is 0 Å². The Morgan fingerprint density at radius 3 is 2.50 bits per heavy atom. The van der Waals surface area contributed by atoms with Gasteiger partial charge in [0.15, 0.2) is 0 Å². The van der Waals surface area contributed by atoms with E-state index in [-0.39, 0.29) is 0 Å². The van der Waals surface area contributed by atoms with Crippen molar-refractivity contribution < 1.29 is 0 Å². The van der Waals surface area contributed by atoms with Crippen LogP contribution in [-0.2, 0) is 6.42 Å². The molecular formula is C19H27N5. The molecule has 1 aliphatic rings. The molecule has 128 valence electrons. The molecule has 1 aromatic carbocycles. The maximum Gasteiger partial charge on any atom is 0.225 e. The van der Waals surface area contributed by atoms with Crippen LogP contribution >= 0.6 is 0 Å². The highest BCUT2D eigenvalue weighted by atomic mass is 15.2. The maximum atomic E-state index is 5.94. The smallest absolute Gasteiger partial charge is 0.225 e. The molecule has 24 heavy (non-hydrogen) atoms. The van der Waals surface area contributed by atoms with Gasteiger partial charge in [-0.2, -0.15) is 4.98 Å². The van der Waals surface area contributed by atoms with Gasteiger partial charge in [-0.25, -0.2) is 4.98 Å². The fourth-order valence-corrected chi connectivity index (χ4v) is 3.13. The van der Waals surface area contributed by atoms with Crippen LogP contribution in [0.15, 0.2) is 30.3 Å². The van der Waals surface area contributed by atoms with Crippen molar-refractivity contribution in [3.05, 3.63) is 47.2 Å². The molecule has 3 rings (SSSR count). The van der Waals surface area contributed by atoms with Crippen LogP contribution in [0.4, 0.5) is 11.8 Å². The van der Waals surface area contributed by atoms with Gasteiger partial charge in [0, 0.05) is 36.9 Å². The first-order valence-electron chi connectivity index (χ1n) is 8.75. The summed E-state index contributed by atoms with van der Waals surface area (Å²) in [5, 5.41) is 3.46. The summed E-state index contributed by atoms with van der Waals surface area (Å²) < 4.78 is 0. The first-order valence-corrected chi connectivity index (χ1v) is 8.75. The number of likely N-dealkylation sites (tertiary alicyclic amines) is 1. The van der Waals surface area contributed by atoms with Crippen LogP contribution in [0.25, 0.3) is 0 Å². The third kappa shape index (κ3) is 4.23. The second-order valence-corrected chi connectivity index (χ2v) is 6.64. The second-order valence-electron chi connectivity index (χ2n) is 6.64. The number of rotatable bonds is 5. The average Bonchev–Trinajstić information content (AvgIpc) is 2.60. The molecule has 0 amide bonds. The molecule has 0 radical (unpaired) electrons. The van der Waals surface area contributed by atoms with E-state index in [9.17, 15) is 0 Å². The Hall–Kier alpha value is -2.14. The number of hydrogen-bond acceptors (Lipinski definition) is 5. The lowest BCUT2D eigenvalue weighted by Crippen LogP contribution is -2.40. The molecule has 0 unspecified atom stereocenters. The number of piperidine rings is 1. The predicted octanol–water partition coefficient (Wildman–Crippen LogP) is 2.79. The van der Waals surface area contributed by atoms with E-state index in [2.05, 4.69) is 50.5 Å². The molecule has 0 spiro atoms. The Labute approximate surface area is 144 Å². The van der Waals surface area contributed by atoms with E-state index in [0.29, 0.717) is 17.8 Å². The zero-order valence-electron chi connectivity index (χ0n) is 14.6. The van der Waals surface area contributed by atoms with Gasteiger partial charge in [0.2, 0.25) is 5.95 Å². The standard InChI is InChI=1S/C19H27N5/c1-14-15(2)21-19(23-18(14)20)22-17-9-12-24(13-10-17)11-8-16-6-4-3-5-7-16/h3-7,17H,8-13H2,1-2H3,(H3,20,21,22,23). The van der Waals surface area contributed by atoms with Crippen LogP contribution in [0.2, 0.25) is 0 Å². The number of hydrogen-bond donors (Lipinski definition) is 2. The Morgan fingerprint density at radius 1 is 1.12 bits per heavy atom. The maximum absolute atomic E-state index is 5.94. The van der Waals surface area contributed by atoms with Gasteiger partial charge in [0.25, 0.3) is 0 Å². The lowest BCUT2D eigenvalue weighted by Gasteiger charge is -2.32. The second kappa shape index (κ2) is 7.62.